The Morgan fingerprint density at radius 3 is 2.41 bits per heavy atom. The number of benzene rings is 2. The molecule has 5 nitrogen and oxygen atoms in total. The lowest BCUT2D eigenvalue weighted by atomic mass is 9.93. The minimum absolute atomic E-state index is 0.0204. The number of hydrogen-bond donors (Lipinski definition) is 2. The van der Waals surface area contributed by atoms with E-state index in [0.717, 1.165) is 31.4 Å². The van der Waals surface area contributed by atoms with Crippen molar-refractivity contribution in [3.05, 3.63) is 65.5 Å². The van der Waals surface area contributed by atoms with Gasteiger partial charge in [0.15, 0.2) is 0 Å². The molecule has 1 aliphatic heterocycles. The average molecular weight is 405 g/mol. The molecule has 0 unspecified atom stereocenters. The number of carbonyl (C=O) groups is 2. The zero-order chi connectivity index (χ0) is 20.8. The van der Waals surface area contributed by atoms with Crippen LogP contribution in [0.1, 0.15) is 29.6 Å². The number of rotatable bonds is 5. The number of hydrogen-bond acceptors (Lipinski definition) is 2. The Labute approximate surface area is 166 Å². The summed E-state index contributed by atoms with van der Waals surface area (Å²) in [7, 11) is 0. The molecule has 0 saturated carbocycles. The Morgan fingerprint density at radius 2 is 1.72 bits per heavy atom. The Bertz CT molecular complexity index is 883. The van der Waals surface area contributed by atoms with Crippen LogP contribution < -0.4 is 10.6 Å². The minimum Gasteiger partial charge on any atom is -0.352 e. The van der Waals surface area contributed by atoms with Gasteiger partial charge in [-0.3, -0.25) is 4.79 Å². The first-order chi connectivity index (χ1) is 13.9. The standard InChI is InChI=1S/C21H22F3N3O2/c22-15-5-6-19(18(24)13-15)26-21(29)27-11-8-14(9-12-27)7-10-25-20(28)16-3-1-2-4-17(16)23/h1-6,13-14H,7-12H2,(H,25,28)(H,26,29). The van der Waals surface area contributed by atoms with Crippen LogP contribution in [0.25, 0.3) is 0 Å². The molecule has 1 aliphatic rings. The average Bonchev–Trinajstić information content (AvgIpc) is 2.71. The van der Waals surface area contributed by atoms with E-state index >= 15 is 0 Å². The molecule has 3 rings (SSSR count). The van der Waals surface area contributed by atoms with Crippen LogP contribution >= 0.6 is 0 Å². The van der Waals surface area contributed by atoms with Gasteiger partial charge in [0.1, 0.15) is 17.5 Å². The number of nitrogens with zero attached hydrogens (tertiary/aromatic N) is 1. The fourth-order valence-corrected chi connectivity index (χ4v) is 3.34. The number of anilines is 1. The van der Waals surface area contributed by atoms with Gasteiger partial charge in [-0.1, -0.05) is 12.1 Å². The van der Waals surface area contributed by atoms with Gasteiger partial charge < -0.3 is 15.5 Å². The maximum absolute atomic E-state index is 13.7. The Morgan fingerprint density at radius 1 is 1.00 bits per heavy atom. The maximum atomic E-state index is 13.7. The van der Waals surface area contributed by atoms with Gasteiger partial charge >= 0.3 is 6.03 Å². The summed E-state index contributed by atoms with van der Waals surface area (Å²) in [4.78, 5) is 25.9. The van der Waals surface area contributed by atoms with E-state index in [1.807, 2.05) is 0 Å². The third-order valence-electron chi connectivity index (χ3n) is 5.03. The number of likely N-dealkylation sites (tertiary alicyclic amines) is 1. The van der Waals surface area contributed by atoms with E-state index < -0.39 is 29.4 Å². The van der Waals surface area contributed by atoms with Crippen LogP contribution in [0.2, 0.25) is 0 Å². The van der Waals surface area contributed by atoms with Crippen molar-refractivity contribution in [2.75, 3.05) is 25.0 Å². The summed E-state index contributed by atoms with van der Waals surface area (Å²) in [6.07, 6.45) is 2.21. The summed E-state index contributed by atoms with van der Waals surface area (Å²) in [6.45, 7) is 1.42. The lowest BCUT2D eigenvalue weighted by Gasteiger charge is -2.32. The van der Waals surface area contributed by atoms with Crippen LogP contribution in [0, 0.1) is 23.4 Å². The zero-order valence-corrected chi connectivity index (χ0v) is 15.8. The zero-order valence-electron chi connectivity index (χ0n) is 15.8. The van der Waals surface area contributed by atoms with E-state index in [2.05, 4.69) is 10.6 Å². The maximum Gasteiger partial charge on any atom is 0.321 e. The van der Waals surface area contributed by atoms with Gasteiger partial charge in [-0.05, 0) is 49.4 Å². The monoisotopic (exact) mass is 405 g/mol. The summed E-state index contributed by atoms with van der Waals surface area (Å²) < 4.78 is 40.2. The first kappa shape index (κ1) is 20.7. The smallest absolute Gasteiger partial charge is 0.321 e. The fourth-order valence-electron chi connectivity index (χ4n) is 3.34. The lowest BCUT2D eigenvalue weighted by molar-refractivity contribution is 0.0945. The van der Waals surface area contributed by atoms with Crippen molar-refractivity contribution in [2.24, 2.45) is 5.92 Å². The second-order valence-electron chi connectivity index (χ2n) is 7.01. The molecular weight excluding hydrogens is 383 g/mol. The van der Waals surface area contributed by atoms with E-state index in [9.17, 15) is 22.8 Å². The predicted molar refractivity (Wildman–Crippen MR) is 103 cm³/mol. The Hall–Kier alpha value is -3.03. The van der Waals surface area contributed by atoms with Crippen molar-refractivity contribution in [3.63, 3.8) is 0 Å². The van der Waals surface area contributed by atoms with Gasteiger partial charge in [0.25, 0.3) is 5.91 Å². The molecule has 154 valence electrons. The molecule has 1 saturated heterocycles. The summed E-state index contributed by atoms with van der Waals surface area (Å²) in [5, 5.41) is 5.18. The van der Waals surface area contributed by atoms with Crippen molar-refractivity contribution in [2.45, 2.75) is 19.3 Å². The molecule has 0 atom stereocenters. The highest BCUT2D eigenvalue weighted by atomic mass is 19.1. The minimum atomic E-state index is -0.821. The summed E-state index contributed by atoms with van der Waals surface area (Å²) >= 11 is 0. The van der Waals surface area contributed by atoms with Gasteiger partial charge in [0, 0.05) is 25.7 Å². The van der Waals surface area contributed by atoms with Crippen LogP contribution in [0.5, 0.6) is 0 Å². The quantitative estimate of drug-likeness (QED) is 0.785. The first-order valence-corrected chi connectivity index (χ1v) is 9.47. The molecule has 0 aliphatic carbocycles. The highest BCUT2D eigenvalue weighted by Crippen LogP contribution is 2.22. The molecule has 29 heavy (non-hydrogen) atoms. The van der Waals surface area contributed by atoms with Crippen molar-refractivity contribution in [1.29, 1.82) is 0 Å². The summed E-state index contributed by atoms with van der Waals surface area (Å²) in [6, 6.07) is 8.38. The van der Waals surface area contributed by atoms with E-state index in [0.29, 0.717) is 25.6 Å². The fraction of sp³-hybridized carbons (Fsp3) is 0.333. The summed E-state index contributed by atoms with van der Waals surface area (Å²) in [5.41, 5.74) is -0.0404. The van der Waals surface area contributed by atoms with Crippen LogP contribution in [0.15, 0.2) is 42.5 Å². The van der Waals surface area contributed by atoms with Gasteiger partial charge in [-0.15, -0.1) is 0 Å². The van der Waals surface area contributed by atoms with Crippen LogP contribution in [0.3, 0.4) is 0 Å². The topological polar surface area (TPSA) is 61.4 Å². The molecule has 0 radical (unpaired) electrons. The highest BCUT2D eigenvalue weighted by molar-refractivity contribution is 5.94. The molecule has 0 spiro atoms. The molecule has 2 aromatic carbocycles. The number of urea groups is 1. The Kier molecular flexibility index (Phi) is 6.74. The predicted octanol–water partition coefficient (Wildman–Crippen LogP) is 4.17. The van der Waals surface area contributed by atoms with Crippen molar-refractivity contribution >= 4 is 17.6 Å². The lowest BCUT2D eigenvalue weighted by Crippen LogP contribution is -2.41. The van der Waals surface area contributed by atoms with E-state index in [-0.39, 0.29) is 11.3 Å². The number of nitrogens with one attached hydrogen (secondary N) is 2. The van der Waals surface area contributed by atoms with Crippen molar-refractivity contribution in [3.8, 4) is 0 Å². The van der Waals surface area contributed by atoms with Gasteiger partial charge in [0.2, 0.25) is 0 Å². The van der Waals surface area contributed by atoms with Crippen molar-refractivity contribution < 1.29 is 22.8 Å². The molecule has 8 heteroatoms. The Balaban J connectivity index is 1.40. The molecule has 3 amide bonds. The normalized spacial score (nSPS) is 14.5. The van der Waals surface area contributed by atoms with Gasteiger partial charge in [-0.2, -0.15) is 0 Å². The molecular formula is C21H22F3N3O2. The molecule has 2 aromatic rings. The number of piperidine rings is 1. The highest BCUT2D eigenvalue weighted by Gasteiger charge is 2.23. The molecule has 2 N–H and O–H groups in total. The SMILES string of the molecule is O=C(NCCC1CCN(C(=O)Nc2ccc(F)cc2F)CC1)c1ccccc1F. The van der Waals surface area contributed by atoms with Crippen LogP contribution in [0.4, 0.5) is 23.7 Å². The number of amides is 3. The summed E-state index contributed by atoms with van der Waals surface area (Å²) in [5.74, 6) is -2.20. The molecule has 0 aromatic heterocycles. The van der Waals surface area contributed by atoms with E-state index in [1.165, 1.54) is 24.3 Å². The second-order valence-corrected chi connectivity index (χ2v) is 7.01. The van der Waals surface area contributed by atoms with Gasteiger partial charge in [-0.25, -0.2) is 18.0 Å². The first-order valence-electron chi connectivity index (χ1n) is 9.47. The third-order valence-corrected chi connectivity index (χ3v) is 5.03. The molecule has 1 heterocycles. The number of carbonyl (C=O) groups excluding carboxylic acids is 2. The van der Waals surface area contributed by atoms with Crippen LogP contribution in [-0.4, -0.2) is 36.5 Å². The molecule has 1 fully saturated rings. The molecule has 0 bridgehead atoms. The second kappa shape index (κ2) is 9.45. The largest absolute Gasteiger partial charge is 0.352 e. The number of halogens is 3. The van der Waals surface area contributed by atoms with E-state index in [1.54, 1.807) is 11.0 Å². The van der Waals surface area contributed by atoms with Gasteiger partial charge in [0.05, 0.1) is 11.3 Å². The van der Waals surface area contributed by atoms with Crippen molar-refractivity contribution in [1.82, 2.24) is 10.2 Å². The third kappa shape index (κ3) is 5.49. The van der Waals surface area contributed by atoms with E-state index in [4.69, 9.17) is 0 Å². The van der Waals surface area contributed by atoms with Crippen LogP contribution in [-0.2, 0) is 0 Å².